The van der Waals surface area contributed by atoms with Gasteiger partial charge in [0.2, 0.25) is 0 Å². The average molecular weight is 280 g/mol. The average Bonchev–Trinajstić information content (AvgIpc) is 2.87. The van der Waals surface area contributed by atoms with Crippen molar-refractivity contribution >= 4 is 12.2 Å². The second-order valence-corrected chi connectivity index (χ2v) is 5.20. The molecule has 0 radical (unpaired) electrons. The second-order valence-electron chi connectivity index (χ2n) is 5.20. The van der Waals surface area contributed by atoms with Gasteiger partial charge in [0, 0.05) is 16.8 Å². The molecule has 0 saturated heterocycles. The summed E-state index contributed by atoms with van der Waals surface area (Å²) in [7, 11) is 0. The quantitative estimate of drug-likeness (QED) is 0.723. The van der Waals surface area contributed by atoms with Crippen LogP contribution in [0, 0.1) is 20.8 Å². The Balaban J connectivity index is 2.26. The van der Waals surface area contributed by atoms with Crippen molar-refractivity contribution in [2.24, 2.45) is 0 Å². The zero-order valence-corrected chi connectivity index (χ0v) is 12.3. The summed E-state index contributed by atoms with van der Waals surface area (Å²) >= 11 is 0. The van der Waals surface area contributed by atoms with Crippen LogP contribution in [0.25, 0.3) is 12.2 Å². The van der Waals surface area contributed by atoms with Gasteiger partial charge in [0.25, 0.3) is 11.1 Å². The van der Waals surface area contributed by atoms with E-state index in [4.69, 9.17) is 0 Å². The minimum Gasteiger partial charge on any atom is -0.267 e. The molecule has 106 valence electrons. The Bertz CT molecular complexity index is 947. The van der Waals surface area contributed by atoms with E-state index in [1.807, 2.05) is 49.4 Å². The van der Waals surface area contributed by atoms with Crippen molar-refractivity contribution in [1.29, 1.82) is 0 Å². The van der Waals surface area contributed by atoms with Gasteiger partial charge in [-0.3, -0.25) is 9.59 Å². The van der Waals surface area contributed by atoms with E-state index in [2.05, 4.69) is 0 Å². The molecular formula is C17H16N2O2. The maximum Gasteiger partial charge on any atom is 0.278 e. The number of benzene rings is 1. The number of aromatic nitrogens is 2. The molecule has 0 bridgehead atoms. The van der Waals surface area contributed by atoms with Gasteiger partial charge in [-0.15, -0.1) is 0 Å². The first-order valence-electron chi connectivity index (χ1n) is 6.82. The Hall–Kier alpha value is -2.62. The molecule has 0 fully saturated rings. The lowest BCUT2D eigenvalue weighted by molar-refractivity contribution is 0.781. The van der Waals surface area contributed by atoms with E-state index in [0.717, 1.165) is 17.0 Å². The van der Waals surface area contributed by atoms with Crippen LogP contribution >= 0.6 is 0 Å². The third-order valence-electron chi connectivity index (χ3n) is 3.93. The SMILES string of the molecule is Cc1c(C)n2c(/C=C/c3ccccc3)c(C)c(=O)n2c1=O. The summed E-state index contributed by atoms with van der Waals surface area (Å²) < 4.78 is 2.92. The van der Waals surface area contributed by atoms with Gasteiger partial charge in [-0.1, -0.05) is 36.4 Å². The van der Waals surface area contributed by atoms with Gasteiger partial charge in [0.1, 0.15) is 0 Å². The molecule has 3 aromatic rings. The lowest BCUT2D eigenvalue weighted by atomic mass is 10.1. The summed E-state index contributed by atoms with van der Waals surface area (Å²) in [6.07, 6.45) is 3.83. The van der Waals surface area contributed by atoms with Gasteiger partial charge in [-0.05, 0) is 32.4 Å². The summed E-state index contributed by atoms with van der Waals surface area (Å²) in [5.41, 5.74) is 3.32. The van der Waals surface area contributed by atoms with Gasteiger partial charge >= 0.3 is 0 Å². The van der Waals surface area contributed by atoms with Crippen LogP contribution in [0.15, 0.2) is 39.9 Å². The third kappa shape index (κ3) is 1.91. The van der Waals surface area contributed by atoms with Crippen LogP contribution in [0.2, 0.25) is 0 Å². The maximum absolute atomic E-state index is 12.3. The normalized spacial score (nSPS) is 11.8. The van der Waals surface area contributed by atoms with Gasteiger partial charge < -0.3 is 0 Å². The van der Waals surface area contributed by atoms with Gasteiger partial charge in [-0.25, -0.2) is 4.52 Å². The van der Waals surface area contributed by atoms with Crippen LogP contribution in [0.5, 0.6) is 0 Å². The highest BCUT2D eigenvalue weighted by atomic mass is 16.2. The number of aryl methyl sites for hydroxylation is 1. The summed E-state index contributed by atoms with van der Waals surface area (Å²) in [5.74, 6) is 0. The standard InChI is InChI=1S/C17H16N2O2/c1-11-13(3)18-15(10-9-14-7-5-4-6-8-14)12(2)17(21)19(18)16(11)20/h4-10H,1-3H3/b10-9+. The van der Waals surface area contributed by atoms with E-state index >= 15 is 0 Å². The highest BCUT2D eigenvalue weighted by molar-refractivity contribution is 5.69. The lowest BCUT2D eigenvalue weighted by Crippen LogP contribution is -2.23. The van der Waals surface area contributed by atoms with Crippen molar-refractivity contribution in [3.63, 3.8) is 0 Å². The molecule has 0 saturated carbocycles. The fourth-order valence-corrected chi connectivity index (χ4v) is 2.55. The highest BCUT2D eigenvalue weighted by Gasteiger charge is 2.18. The molecule has 0 spiro atoms. The zero-order chi connectivity index (χ0) is 15.1. The van der Waals surface area contributed by atoms with Crippen LogP contribution in [-0.4, -0.2) is 9.03 Å². The van der Waals surface area contributed by atoms with E-state index in [9.17, 15) is 9.59 Å². The van der Waals surface area contributed by atoms with Crippen LogP contribution in [0.1, 0.15) is 28.1 Å². The maximum atomic E-state index is 12.3. The minimum absolute atomic E-state index is 0.236. The molecule has 21 heavy (non-hydrogen) atoms. The molecule has 4 heteroatoms. The molecule has 1 aromatic carbocycles. The fourth-order valence-electron chi connectivity index (χ4n) is 2.55. The molecule has 0 N–H and O–H groups in total. The van der Waals surface area contributed by atoms with Crippen molar-refractivity contribution in [3.05, 3.63) is 79.1 Å². The fraction of sp³-hybridized carbons (Fsp3) is 0.176. The number of nitrogens with zero attached hydrogens (tertiary/aromatic N) is 2. The van der Waals surface area contributed by atoms with Gasteiger partial charge in [0.15, 0.2) is 0 Å². The van der Waals surface area contributed by atoms with Crippen LogP contribution in [0.4, 0.5) is 0 Å². The second kappa shape index (κ2) is 4.74. The van der Waals surface area contributed by atoms with Crippen molar-refractivity contribution in [2.45, 2.75) is 20.8 Å². The molecule has 2 aromatic heterocycles. The molecule has 2 heterocycles. The predicted molar refractivity (Wildman–Crippen MR) is 84.2 cm³/mol. The number of rotatable bonds is 2. The summed E-state index contributed by atoms with van der Waals surface area (Å²) in [4.78, 5) is 24.4. The van der Waals surface area contributed by atoms with E-state index in [1.54, 1.807) is 18.4 Å². The zero-order valence-electron chi connectivity index (χ0n) is 12.3. The van der Waals surface area contributed by atoms with E-state index < -0.39 is 0 Å². The molecule has 4 nitrogen and oxygen atoms in total. The number of hydrogen-bond donors (Lipinski definition) is 0. The molecule has 3 rings (SSSR count). The monoisotopic (exact) mass is 280 g/mol. The Morgan fingerprint density at radius 2 is 1.43 bits per heavy atom. The Morgan fingerprint density at radius 3 is 2.10 bits per heavy atom. The van der Waals surface area contributed by atoms with Gasteiger partial charge in [0.05, 0.1) is 5.69 Å². The lowest BCUT2D eigenvalue weighted by Gasteiger charge is -1.98. The first kappa shape index (κ1) is 13.4. The summed E-state index contributed by atoms with van der Waals surface area (Å²) in [6, 6.07) is 9.86. The van der Waals surface area contributed by atoms with Crippen molar-refractivity contribution in [3.8, 4) is 0 Å². The van der Waals surface area contributed by atoms with Crippen LogP contribution < -0.4 is 11.1 Å². The Kier molecular flexibility index (Phi) is 3.01. The molecule has 0 aliphatic heterocycles. The van der Waals surface area contributed by atoms with Crippen molar-refractivity contribution in [2.75, 3.05) is 0 Å². The van der Waals surface area contributed by atoms with Crippen molar-refractivity contribution < 1.29 is 0 Å². The molecule has 0 unspecified atom stereocenters. The molecule has 0 amide bonds. The molecule has 0 aliphatic carbocycles. The molecular weight excluding hydrogens is 264 g/mol. The van der Waals surface area contributed by atoms with E-state index in [0.29, 0.717) is 11.1 Å². The van der Waals surface area contributed by atoms with Gasteiger partial charge in [-0.2, -0.15) is 4.52 Å². The minimum atomic E-state index is -0.246. The molecule has 0 atom stereocenters. The van der Waals surface area contributed by atoms with Crippen molar-refractivity contribution in [1.82, 2.24) is 9.03 Å². The van der Waals surface area contributed by atoms with E-state index in [1.165, 1.54) is 4.52 Å². The summed E-state index contributed by atoms with van der Waals surface area (Å²) in [5, 5.41) is 0. The highest BCUT2D eigenvalue weighted by Crippen LogP contribution is 2.13. The Morgan fingerprint density at radius 1 is 0.810 bits per heavy atom. The smallest absolute Gasteiger partial charge is 0.267 e. The first-order valence-corrected chi connectivity index (χ1v) is 6.82. The largest absolute Gasteiger partial charge is 0.278 e. The molecule has 0 aliphatic rings. The topological polar surface area (TPSA) is 43.0 Å². The van der Waals surface area contributed by atoms with E-state index in [-0.39, 0.29) is 11.1 Å². The number of hydrogen-bond acceptors (Lipinski definition) is 2. The number of fused-ring (bicyclic) bond motifs is 1. The third-order valence-corrected chi connectivity index (χ3v) is 3.93. The Labute approximate surface area is 121 Å². The predicted octanol–water partition coefficient (Wildman–Crippen LogP) is 2.29. The first-order chi connectivity index (χ1) is 10.0. The van der Waals surface area contributed by atoms with Crippen LogP contribution in [-0.2, 0) is 0 Å². The van der Waals surface area contributed by atoms with Crippen LogP contribution in [0.3, 0.4) is 0 Å². The summed E-state index contributed by atoms with van der Waals surface area (Å²) in [6.45, 7) is 5.35.